The van der Waals surface area contributed by atoms with Gasteiger partial charge in [0.05, 0.1) is 23.9 Å². The lowest BCUT2D eigenvalue weighted by Gasteiger charge is -2.19. The molecule has 0 radical (unpaired) electrons. The number of aromatic nitrogens is 1. The second-order valence-corrected chi connectivity index (χ2v) is 9.72. The lowest BCUT2D eigenvalue weighted by Crippen LogP contribution is -2.39. The molecule has 0 unspecified atom stereocenters. The molecule has 2 aromatic rings. The van der Waals surface area contributed by atoms with Crippen LogP contribution < -0.4 is 5.32 Å². The molecule has 0 saturated carbocycles. The van der Waals surface area contributed by atoms with Crippen molar-refractivity contribution in [1.29, 1.82) is 0 Å². The molecule has 2 heterocycles. The van der Waals surface area contributed by atoms with E-state index in [0.29, 0.717) is 17.1 Å². The van der Waals surface area contributed by atoms with Gasteiger partial charge in [-0.3, -0.25) is 4.79 Å². The summed E-state index contributed by atoms with van der Waals surface area (Å²) < 4.78 is 0. The van der Waals surface area contributed by atoms with Gasteiger partial charge in [-0.05, 0) is 49.3 Å². The number of nitrogens with one attached hydrogen (secondary N) is 1. The molecule has 5 heteroatoms. The Morgan fingerprint density at radius 3 is 2.09 bits per heavy atom. The van der Waals surface area contributed by atoms with E-state index in [4.69, 9.17) is 11.6 Å². The number of benzene rings is 1. The minimum absolute atomic E-state index is 0.107. The SMILES string of the molecule is O=C(N[C@H](CO)Cc1ccccc1)c1cc2c(Cl)nc1CCCCCCCCCCCCC2. The summed E-state index contributed by atoms with van der Waals surface area (Å²) in [5.41, 5.74) is 3.44. The van der Waals surface area contributed by atoms with Crippen LogP contribution in [-0.4, -0.2) is 28.6 Å². The molecule has 2 bridgehead atoms. The molecule has 33 heavy (non-hydrogen) atoms. The summed E-state index contributed by atoms with van der Waals surface area (Å²) in [6.45, 7) is -0.107. The monoisotopic (exact) mass is 470 g/mol. The number of fused-ring (bicyclic) bond motifs is 14. The summed E-state index contributed by atoms with van der Waals surface area (Å²) in [7, 11) is 0. The standard InChI is InChI=1S/C28H39ClN2O2/c29-27-23-17-13-8-6-4-2-1-3-5-7-9-14-18-26(31-27)25(20-23)28(33)30-24(21-32)19-22-15-11-10-12-16-22/h10-12,15-16,20,24,32H,1-9,13-14,17-19,21H2,(H,30,33)/t24-/m0/s1. The van der Waals surface area contributed by atoms with Gasteiger partial charge in [-0.15, -0.1) is 0 Å². The number of halogens is 1. The molecule has 1 aromatic heterocycles. The first-order valence-corrected chi connectivity index (χ1v) is 13.2. The van der Waals surface area contributed by atoms with Gasteiger partial charge in [-0.25, -0.2) is 4.98 Å². The minimum atomic E-state index is -0.339. The Bertz CT molecular complexity index is 856. The maximum absolute atomic E-state index is 13.3. The van der Waals surface area contributed by atoms with Crippen molar-refractivity contribution in [3.8, 4) is 0 Å². The normalized spacial score (nSPS) is 17.3. The number of nitrogens with zero attached hydrogens (tertiary/aromatic N) is 1. The van der Waals surface area contributed by atoms with Crippen molar-refractivity contribution in [2.75, 3.05) is 6.61 Å². The van der Waals surface area contributed by atoms with Crippen molar-refractivity contribution in [3.63, 3.8) is 0 Å². The van der Waals surface area contributed by atoms with Crippen LogP contribution in [0.3, 0.4) is 0 Å². The zero-order chi connectivity index (χ0) is 23.3. The zero-order valence-electron chi connectivity index (χ0n) is 19.8. The third-order valence-electron chi connectivity index (χ3n) is 6.61. The van der Waals surface area contributed by atoms with E-state index in [0.717, 1.165) is 48.9 Å². The van der Waals surface area contributed by atoms with Crippen molar-refractivity contribution in [2.45, 2.75) is 95.9 Å². The van der Waals surface area contributed by atoms with Gasteiger partial charge in [-0.2, -0.15) is 0 Å². The van der Waals surface area contributed by atoms with E-state index in [1.54, 1.807) is 0 Å². The van der Waals surface area contributed by atoms with Gasteiger partial charge in [0.15, 0.2) is 0 Å². The fourth-order valence-corrected chi connectivity index (χ4v) is 4.90. The second kappa shape index (κ2) is 14.4. The number of hydrogen-bond acceptors (Lipinski definition) is 3. The average molecular weight is 471 g/mol. The van der Waals surface area contributed by atoms with E-state index in [1.165, 1.54) is 51.4 Å². The molecule has 0 spiro atoms. The first-order valence-electron chi connectivity index (χ1n) is 12.8. The highest BCUT2D eigenvalue weighted by Gasteiger charge is 2.20. The Hall–Kier alpha value is -1.91. The van der Waals surface area contributed by atoms with Gasteiger partial charge in [0.1, 0.15) is 5.15 Å². The fourth-order valence-electron chi connectivity index (χ4n) is 4.65. The number of hydrogen-bond donors (Lipinski definition) is 2. The molecular formula is C28H39ClN2O2. The molecule has 1 amide bonds. The molecule has 1 atom stereocenters. The van der Waals surface area contributed by atoms with Gasteiger partial charge in [0, 0.05) is 0 Å². The second-order valence-electron chi connectivity index (χ2n) is 9.36. The van der Waals surface area contributed by atoms with Crippen molar-refractivity contribution >= 4 is 17.5 Å². The Labute approximate surface area is 204 Å². The quantitative estimate of drug-likeness (QED) is 0.493. The van der Waals surface area contributed by atoms with Crippen LogP contribution in [0.2, 0.25) is 5.15 Å². The fraction of sp³-hybridized carbons (Fsp3) is 0.571. The van der Waals surface area contributed by atoms with E-state index in [9.17, 15) is 9.90 Å². The number of amides is 1. The third kappa shape index (κ3) is 8.75. The van der Waals surface area contributed by atoms with E-state index < -0.39 is 0 Å². The van der Waals surface area contributed by atoms with E-state index in [1.807, 2.05) is 36.4 Å². The molecule has 4 rings (SSSR count). The maximum Gasteiger partial charge on any atom is 0.253 e. The number of aryl methyl sites for hydroxylation is 2. The molecule has 1 aliphatic carbocycles. The predicted molar refractivity (Wildman–Crippen MR) is 136 cm³/mol. The molecule has 0 saturated heterocycles. The summed E-state index contributed by atoms with van der Waals surface area (Å²) in [5, 5.41) is 13.5. The van der Waals surface area contributed by atoms with Gasteiger partial charge in [-0.1, -0.05) is 99.7 Å². The maximum atomic E-state index is 13.3. The Balaban J connectivity index is 1.75. The van der Waals surface area contributed by atoms with Crippen LogP contribution in [0.15, 0.2) is 36.4 Å². The molecule has 0 fully saturated rings. The summed E-state index contributed by atoms with van der Waals surface area (Å²) >= 11 is 6.55. The zero-order valence-corrected chi connectivity index (χ0v) is 20.6. The number of pyridine rings is 1. The van der Waals surface area contributed by atoms with Crippen LogP contribution in [-0.2, 0) is 19.3 Å². The van der Waals surface area contributed by atoms with Crippen LogP contribution >= 0.6 is 11.6 Å². The van der Waals surface area contributed by atoms with E-state index >= 15 is 0 Å². The Morgan fingerprint density at radius 1 is 0.909 bits per heavy atom. The van der Waals surface area contributed by atoms with Crippen molar-refractivity contribution in [2.24, 2.45) is 0 Å². The minimum Gasteiger partial charge on any atom is -0.394 e. The summed E-state index contributed by atoms with van der Waals surface area (Å²) in [5.74, 6) is -0.164. The average Bonchev–Trinajstić information content (AvgIpc) is 2.83. The Morgan fingerprint density at radius 2 is 1.48 bits per heavy atom. The van der Waals surface area contributed by atoms with Crippen LogP contribution in [0.5, 0.6) is 0 Å². The van der Waals surface area contributed by atoms with Crippen molar-refractivity contribution < 1.29 is 9.90 Å². The third-order valence-corrected chi connectivity index (χ3v) is 6.94. The van der Waals surface area contributed by atoms with Crippen LogP contribution in [0.25, 0.3) is 0 Å². The molecule has 2 aliphatic rings. The van der Waals surface area contributed by atoms with Gasteiger partial charge in [0.25, 0.3) is 5.91 Å². The highest BCUT2D eigenvalue weighted by Crippen LogP contribution is 2.23. The number of aliphatic hydroxyl groups excluding tert-OH is 1. The van der Waals surface area contributed by atoms with Crippen LogP contribution in [0, 0.1) is 0 Å². The van der Waals surface area contributed by atoms with Gasteiger partial charge in [0.2, 0.25) is 0 Å². The summed E-state index contributed by atoms with van der Waals surface area (Å²) in [6.07, 6.45) is 15.7. The molecule has 4 nitrogen and oxygen atoms in total. The first-order chi connectivity index (χ1) is 16.2. The van der Waals surface area contributed by atoms with Crippen LogP contribution in [0.1, 0.15) is 97.8 Å². The predicted octanol–water partition coefficient (Wildman–Crippen LogP) is 6.46. The Kier molecular flexibility index (Phi) is 11.2. The topological polar surface area (TPSA) is 62.2 Å². The lowest BCUT2D eigenvalue weighted by atomic mass is 10.0. The number of aliphatic hydroxyl groups is 1. The molecule has 2 N–H and O–H groups in total. The molecule has 180 valence electrons. The lowest BCUT2D eigenvalue weighted by molar-refractivity contribution is 0.0915. The summed E-state index contributed by atoms with van der Waals surface area (Å²) in [6, 6.07) is 11.6. The van der Waals surface area contributed by atoms with E-state index in [2.05, 4.69) is 10.3 Å². The van der Waals surface area contributed by atoms with Gasteiger partial charge < -0.3 is 10.4 Å². The largest absolute Gasteiger partial charge is 0.394 e. The van der Waals surface area contributed by atoms with Gasteiger partial charge >= 0.3 is 0 Å². The first kappa shape index (κ1) is 25.7. The highest BCUT2D eigenvalue weighted by molar-refractivity contribution is 6.30. The summed E-state index contributed by atoms with van der Waals surface area (Å²) in [4.78, 5) is 18.0. The smallest absolute Gasteiger partial charge is 0.253 e. The van der Waals surface area contributed by atoms with E-state index in [-0.39, 0.29) is 18.6 Å². The van der Waals surface area contributed by atoms with Crippen molar-refractivity contribution in [3.05, 3.63) is 63.9 Å². The molecule has 1 aliphatic heterocycles. The number of rotatable bonds is 5. The molecule has 1 aromatic carbocycles. The van der Waals surface area contributed by atoms with Crippen LogP contribution in [0.4, 0.5) is 0 Å². The highest BCUT2D eigenvalue weighted by atomic mass is 35.5. The number of carbonyl (C=O) groups is 1. The molecular weight excluding hydrogens is 432 g/mol. The number of carbonyl (C=O) groups excluding carboxylic acids is 1. The van der Waals surface area contributed by atoms with Crippen molar-refractivity contribution in [1.82, 2.24) is 10.3 Å².